The summed E-state index contributed by atoms with van der Waals surface area (Å²) >= 11 is 5.31. The lowest BCUT2D eigenvalue weighted by Crippen LogP contribution is -2.05. The van der Waals surface area contributed by atoms with E-state index in [1.165, 1.54) is 6.07 Å². The molecule has 0 bridgehead atoms. The van der Waals surface area contributed by atoms with Gasteiger partial charge in [-0.15, -0.1) is 0 Å². The Morgan fingerprint density at radius 1 is 1.31 bits per heavy atom. The van der Waals surface area contributed by atoms with E-state index in [-0.39, 0.29) is 10.7 Å². The average Bonchev–Trinajstić information content (AvgIpc) is 2.03. The minimum Gasteiger partial charge on any atom is -0.238 e. The third-order valence-corrected chi connectivity index (χ3v) is 1.71. The van der Waals surface area contributed by atoms with Crippen LogP contribution in [0.3, 0.4) is 0 Å². The minimum absolute atomic E-state index is 0.0725. The van der Waals surface area contributed by atoms with Gasteiger partial charge < -0.3 is 0 Å². The second-order valence-corrected chi connectivity index (χ2v) is 2.68. The van der Waals surface area contributed by atoms with Crippen LogP contribution in [0, 0.1) is 6.57 Å². The van der Waals surface area contributed by atoms with Crippen molar-refractivity contribution in [3.05, 3.63) is 40.2 Å². The van der Waals surface area contributed by atoms with Gasteiger partial charge in [0.05, 0.1) is 17.2 Å². The molecule has 68 valence electrons. The molecule has 0 amide bonds. The van der Waals surface area contributed by atoms with Gasteiger partial charge in [-0.05, 0) is 6.07 Å². The number of nitrogens with zero attached hydrogens (tertiary/aromatic N) is 1. The molecule has 1 aromatic carbocycles. The van der Waals surface area contributed by atoms with Gasteiger partial charge in [-0.2, -0.15) is 13.2 Å². The van der Waals surface area contributed by atoms with Gasteiger partial charge in [0.25, 0.3) is 0 Å². The van der Waals surface area contributed by atoms with Crippen molar-refractivity contribution < 1.29 is 13.2 Å². The van der Waals surface area contributed by atoms with E-state index in [4.69, 9.17) is 18.2 Å². The second kappa shape index (κ2) is 3.27. The van der Waals surface area contributed by atoms with Gasteiger partial charge in [0.15, 0.2) is 5.69 Å². The summed E-state index contributed by atoms with van der Waals surface area (Å²) in [7, 11) is 0. The Labute approximate surface area is 77.6 Å². The fourth-order valence-electron chi connectivity index (χ4n) is 0.800. The minimum atomic E-state index is -4.50. The highest BCUT2D eigenvalue weighted by Gasteiger charge is 2.32. The maximum atomic E-state index is 12.2. The number of rotatable bonds is 0. The van der Waals surface area contributed by atoms with Crippen molar-refractivity contribution in [3.8, 4) is 0 Å². The van der Waals surface area contributed by atoms with Crippen LogP contribution >= 0.6 is 11.6 Å². The van der Waals surface area contributed by atoms with E-state index in [9.17, 15) is 13.2 Å². The molecule has 0 aliphatic rings. The normalized spacial score (nSPS) is 11.0. The monoisotopic (exact) mass is 205 g/mol. The predicted molar refractivity (Wildman–Crippen MR) is 42.7 cm³/mol. The predicted octanol–water partition coefficient (Wildman–Crippen LogP) is 3.91. The zero-order valence-corrected chi connectivity index (χ0v) is 6.95. The highest BCUT2D eigenvalue weighted by molar-refractivity contribution is 6.31. The molecule has 0 aliphatic heterocycles. The first-order valence-electron chi connectivity index (χ1n) is 3.19. The lowest BCUT2D eigenvalue weighted by Gasteiger charge is -2.08. The van der Waals surface area contributed by atoms with Crippen molar-refractivity contribution in [1.29, 1.82) is 0 Å². The molecule has 0 fully saturated rings. The summed E-state index contributed by atoms with van der Waals surface area (Å²) in [5, 5.41) is -0.389. The molecule has 0 saturated carbocycles. The third-order valence-electron chi connectivity index (χ3n) is 1.38. The standard InChI is InChI=1S/C8H3ClF3N/c1-13-5-2-3-7(9)6(4-5)8(10,11)12/h2-4H. The van der Waals surface area contributed by atoms with Crippen molar-refractivity contribution in [2.24, 2.45) is 0 Å². The summed E-state index contributed by atoms with van der Waals surface area (Å²) in [5.41, 5.74) is -1.04. The second-order valence-electron chi connectivity index (χ2n) is 2.27. The highest BCUT2D eigenvalue weighted by atomic mass is 35.5. The number of benzene rings is 1. The largest absolute Gasteiger partial charge is 0.416 e. The molecule has 0 aliphatic carbocycles. The van der Waals surface area contributed by atoms with E-state index in [0.29, 0.717) is 0 Å². The maximum absolute atomic E-state index is 12.2. The number of halogens is 4. The number of hydrogen-bond acceptors (Lipinski definition) is 0. The Bertz CT molecular complexity index is 365. The van der Waals surface area contributed by atoms with Gasteiger partial charge in [-0.1, -0.05) is 23.7 Å². The van der Waals surface area contributed by atoms with Crippen LogP contribution in [0.4, 0.5) is 18.9 Å². The van der Waals surface area contributed by atoms with Crippen molar-refractivity contribution >= 4 is 17.3 Å². The van der Waals surface area contributed by atoms with E-state index in [2.05, 4.69) is 4.85 Å². The zero-order chi connectivity index (χ0) is 10.1. The lowest BCUT2D eigenvalue weighted by atomic mass is 10.2. The first-order chi connectivity index (χ1) is 5.95. The number of alkyl halides is 3. The van der Waals surface area contributed by atoms with Gasteiger partial charge in [0.2, 0.25) is 0 Å². The lowest BCUT2D eigenvalue weighted by molar-refractivity contribution is -0.137. The van der Waals surface area contributed by atoms with Crippen LogP contribution in [0.2, 0.25) is 5.02 Å². The summed E-state index contributed by atoms with van der Waals surface area (Å²) in [6, 6.07) is 3.04. The third kappa shape index (κ3) is 2.13. The van der Waals surface area contributed by atoms with Crippen molar-refractivity contribution in [2.75, 3.05) is 0 Å². The smallest absolute Gasteiger partial charge is 0.238 e. The van der Waals surface area contributed by atoms with E-state index >= 15 is 0 Å². The molecule has 13 heavy (non-hydrogen) atoms. The zero-order valence-electron chi connectivity index (χ0n) is 6.19. The Balaban J connectivity index is 3.29. The van der Waals surface area contributed by atoms with Gasteiger partial charge in [-0.25, -0.2) is 4.85 Å². The molecule has 0 aromatic heterocycles. The SMILES string of the molecule is [C-]#[N+]c1ccc(Cl)c(C(F)(F)F)c1. The van der Waals surface area contributed by atoms with E-state index in [1.54, 1.807) is 0 Å². The van der Waals surface area contributed by atoms with E-state index in [1.807, 2.05) is 0 Å². The summed E-state index contributed by atoms with van der Waals surface area (Å²) < 4.78 is 36.5. The Morgan fingerprint density at radius 2 is 1.92 bits per heavy atom. The Kier molecular flexibility index (Phi) is 2.48. The van der Waals surface area contributed by atoms with Gasteiger partial charge >= 0.3 is 6.18 Å². The van der Waals surface area contributed by atoms with Gasteiger partial charge in [-0.3, -0.25) is 0 Å². The molecular weight excluding hydrogens is 203 g/mol. The summed E-state index contributed by atoms with van der Waals surface area (Å²) in [5.74, 6) is 0. The quantitative estimate of drug-likeness (QED) is 0.566. The first-order valence-corrected chi connectivity index (χ1v) is 3.57. The van der Waals surface area contributed by atoms with Crippen LogP contribution in [0.5, 0.6) is 0 Å². The molecule has 0 N–H and O–H groups in total. The maximum Gasteiger partial charge on any atom is 0.416 e. The number of hydrogen-bond donors (Lipinski definition) is 0. The molecule has 0 atom stereocenters. The van der Waals surface area contributed by atoms with E-state index in [0.717, 1.165) is 12.1 Å². The molecule has 0 radical (unpaired) electrons. The van der Waals surface area contributed by atoms with Crippen LogP contribution in [0.15, 0.2) is 18.2 Å². The van der Waals surface area contributed by atoms with Crippen LogP contribution in [0.25, 0.3) is 4.85 Å². The molecule has 5 heteroatoms. The van der Waals surface area contributed by atoms with E-state index < -0.39 is 11.7 Å². The van der Waals surface area contributed by atoms with Crippen molar-refractivity contribution in [3.63, 3.8) is 0 Å². The fourth-order valence-corrected chi connectivity index (χ4v) is 1.02. The molecule has 1 rings (SSSR count). The molecule has 0 unspecified atom stereocenters. The molecule has 0 spiro atoms. The molecule has 0 heterocycles. The Morgan fingerprint density at radius 3 is 2.38 bits per heavy atom. The summed E-state index contributed by atoms with van der Waals surface area (Å²) in [6.45, 7) is 6.53. The molecule has 1 nitrogen and oxygen atoms in total. The van der Waals surface area contributed by atoms with Crippen LogP contribution in [0.1, 0.15) is 5.56 Å². The van der Waals surface area contributed by atoms with Crippen molar-refractivity contribution in [1.82, 2.24) is 0 Å². The topological polar surface area (TPSA) is 4.36 Å². The molecule has 1 aromatic rings. The summed E-state index contributed by atoms with van der Waals surface area (Å²) in [4.78, 5) is 2.88. The van der Waals surface area contributed by atoms with Crippen LogP contribution in [-0.4, -0.2) is 0 Å². The fraction of sp³-hybridized carbons (Fsp3) is 0.125. The first kappa shape index (κ1) is 9.87. The van der Waals surface area contributed by atoms with Crippen molar-refractivity contribution in [2.45, 2.75) is 6.18 Å². The molecule has 0 saturated heterocycles. The van der Waals surface area contributed by atoms with Gasteiger partial charge in [0.1, 0.15) is 0 Å². The van der Waals surface area contributed by atoms with Gasteiger partial charge in [0, 0.05) is 0 Å². The Hall–Kier alpha value is -1.21. The summed E-state index contributed by atoms with van der Waals surface area (Å²) in [6.07, 6.45) is -4.50. The average molecular weight is 206 g/mol. The highest BCUT2D eigenvalue weighted by Crippen LogP contribution is 2.36. The van der Waals surface area contributed by atoms with Crippen LogP contribution < -0.4 is 0 Å². The molecular formula is C8H3ClF3N. The van der Waals surface area contributed by atoms with Crippen LogP contribution in [-0.2, 0) is 6.18 Å².